The third-order valence-electron chi connectivity index (χ3n) is 1.57. The molecule has 1 N–H and O–H groups in total. The van der Waals surface area contributed by atoms with Crippen molar-refractivity contribution in [3.63, 3.8) is 0 Å². The maximum absolute atomic E-state index is 9.45. The van der Waals surface area contributed by atoms with E-state index in [9.17, 15) is 5.11 Å². The molecule has 0 aromatic carbocycles. The van der Waals surface area contributed by atoms with Gasteiger partial charge >= 0.3 is 0 Å². The third-order valence-corrected chi connectivity index (χ3v) is 2.82. The molecule has 0 rings (SSSR count). The van der Waals surface area contributed by atoms with Gasteiger partial charge in [-0.25, -0.2) is 0 Å². The predicted octanol–water partition coefficient (Wildman–Crippen LogP) is 2.31. The van der Waals surface area contributed by atoms with Crippen LogP contribution in [0.25, 0.3) is 0 Å². The molecule has 0 heterocycles. The zero-order valence-corrected chi connectivity index (χ0v) is 9.77. The van der Waals surface area contributed by atoms with Gasteiger partial charge < -0.3 is 9.84 Å². The highest BCUT2D eigenvalue weighted by atomic mass is 32.2. The van der Waals surface area contributed by atoms with Crippen LogP contribution in [0.5, 0.6) is 0 Å². The fourth-order valence-electron chi connectivity index (χ4n) is 0.817. The minimum atomic E-state index is -0.302. The average molecular weight is 206 g/mol. The molecule has 0 aromatic heterocycles. The van der Waals surface area contributed by atoms with Crippen molar-refractivity contribution in [3.05, 3.63) is 0 Å². The quantitative estimate of drug-likeness (QED) is 0.618. The fraction of sp³-hybridized carbons (Fsp3) is 1.00. The van der Waals surface area contributed by atoms with Gasteiger partial charge in [-0.15, -0.1) is 0 Å². The summed E-state index contributed by atoms with van der Waals surface area (Å²) < 4.78 is 5.30. The van der Waals surface area contributed by atoms with Gasteiger partial charge in [0.15, 0.2) is 0 Å². The molecular weight excluding hydrogens is 184 g/mol. The molecule has 0 radical (unpaired) electrons. The van der Waals surface area contributed by atoms with E-state index in [1.54, 1.807) is 11.8 Å². The van der Waals surface area contributed by atoms with E-state index in [-0.39, 0.29) is 6.10 Å². The summed E-state index contributed by atoms with van der Waals surface area (Å²) in [6.45, 7) is 7.67. The summed E-state index contributed by atoms with van der Waals surface area (Å²) in [6, 6.07) is 0. The number of unbranched alkanes of at least 4 members (excludes halogenated alkanes) is 1. The summed E-state index contributed by atoms with van der Waals surface area (Å²) >= 11 is 1.77. The Morgan fingerprint density at radius 2 is 2.08 bits per heavy atom. The van der Waals surface area contributed by atoms with Gasteiger partial charge in [0.2, 0.25) is 0 Å². The van der Waals surface area contributed by atoms with E-state index in [4.69, 9.17) is 4.74 Å². The first-order valence-corrected chi connectivity index (χ1v) is 6.09. The first-order valence-electron chi connectivity index (χ1n) is 5.04. The van der Waals surface area contributed by atoms with Crippen LogP contribution in [0.1, 0.15) is 33.6 Å². The highest BCUT2D eigenvalue weighted by Crippen LogP contribution is 2.10. The van der Waals surface area contributed by atoms with E-state index < -0.39 is 0 Å². The Kier molecular flexibility index (Phi) is 9.03. The standard InChI is InChI=1S/C10H22O2S/c1-4-5-6-12-7-10(11)8-13-9(2)3/h9-11H,4-8H2,1-3H3. The van der Waals surface area contributed by atoms with Gasteiger partial charge in [-0.05, 0) is 11.7 Å². The molecule has 0 saturated heterocycles. The molecule has 0 saturated carbocycles. The first kappa shape index (κ1) is 13.3. The molecule has 2 nitrogen and oxygen atoms in total. The van der Waals surface area contributed by atoms with Gasteiger partial charge in [-0.1, -0.05) is 27.2 Å². The van der Waals surface area contributed by atoms with Crippen LogP contribution in [0.4, 0.5) is 0 Å². The topological polar surface area (TPSA) is 29.5 Å². The van der Waals surface area contributed by atoms with Gasteiger partial charge in [-0.2, -0.15) is 11.8 Å². The molecule has 0 amide bonds. The summed E-state index contributed by atoms with van der Waals surface area (Å²) in [5.41, 5.74) is 0. The number of aliphatic hydroxyl groups is 1. The largest absolute Gasteiger partial charge is 0.390 e. The van der Waals surface area contributed by atoms with E-state index in [1.807, 2.05) is 0 Å². The molecule has 3 heteroatoms. The maximum atomic E-state index is 9.45. The van der Waals surface area contributed by atoms with Crippen molar-refractivity contribution in [1.29, 1.82) is 0 Å². The second-order valence-electron chi connectivity index (χ2n) is 3.46. The van der Waals surface area contributed by atoms with Crippen LogP contribution in [0, 0.1) is 0 Å². The fourth-order valence-corrected chi connectivity index (χ4v) is 1.52. The van der Waals surface area contributed by atoms with Crippen LogP contribution in [0.15, 0.2) is 0 Å². The molecule has 1 atom stereocenters. The molecule has 0 aliphatic heterocycles. The monoisotopic (exact) mass is 206 g/mol. The molecule has 0 aromatic rings. The Morgan fingerprint density at radius 1 is 1.38 bits per heavy atom. The Bertz CT molecular complexity index is 107. The van der Waals surface area contributed by atoms with Crippen molar-refractivity contribution in [2.45, 2.75) is 45.0 Å². The normalized spacial score (nSPS) is 13.6. The Hall–Kier alpha value is 0.270. The van der Waals surface area contributed by atoms with Crippen molar-refractivity contribution < 1.29 is 9.84 Å². The third kappa shape index (κ3) is 10.2. The van der Waals surface area contributed by atoms with Crippen molar-refractivity contribution in [1.82, 2.24) is 0 Å². The minimum absolute atomic E-state index is 0.302. The average Bonchev–Trinajstić information content (AvgIpc) is 2.09. The van der Waals surface area contributed by atoms with Crippen LogP contribution in [0.2, 0.25) is 0 Å². The number of hydrogen-bond acceptors (Lipinski definition) is 3. The summed E-state index contributed by atoms with van der Waals surface area (Å²) in [7, 11) is 0. The highest BCUT2D eigenvalue weighted by molar-refractivity contribution is 7.99. The summed E-state index contributed by atoms with van der Waals surface area (Å²) in [5.74, 6) is 0.782. The van der Waals surface area contributed by atoms with Gasteiger partial charge in [0.25, 0.3) is 0 Å². The van der Waals surface area contributed by atoms with Gasteiger partial charge in [0, 0.05) is 12.4 Å². The van der Waals surface area contributed by atoms with Crippen LogP contribution < -0.4 is 0 Å². The Balaban J connectivity index is 3.15. The van der Waals surface area contributed by atoms with Gasteiger partial charge in [0.1, 0.15) is 0 Å². The van der Waals surface area contributed by atoms with Crippen LogP contribution in [-0.4, -0.2) is 35.4 Å². The second-order valence-corrected chi connectivity index (χ2v) is 5.07. The van der Waals surface area contributed by atoms with E-state index in [0.717, 1.165) is 25.2 Å². The SMILES string of the molecule is CCCCOCC(O)CSC(C)C. The summed E-state index contributed by atoms with van der Waals surface area (Å²) in [4.78, 5) is 0. The molecule has 0 aliphatic rings. The first-order chi connectivity index (χ1) is 6.16. The van der Waals surface area contributed by atoms with E-state index in [1.165, 1.54) is 0 Å². The van der Waals surface area contributed by atoms with Crippen LogP contribution in [-0.2, 0) is 4.74 Å². The zero-order valence-electron chi connectivity index (χ0n) is 8.95. The van der Waals surface area contributed by atoms with Crippen molar-refractivity contribution in [2.24, 2.45) is 0 Å². The van der Waals surface area contributed by atoms with E-state index in [0.29, 0.717) is 11.9 Å². The number of ether oxygens (including phenoxy) is 1. The summed E-state index contributed by atoms with van der Waals surface area (Å²) in [6.07, 6.45) is 1.94. The van der Waals surface area contributed by atoms with E-state index in [2.05, 4.69) is 20.8 Å². The van der Waals surface area contributed by atoms with Crippen LogP contribution in [0.3, 0.4) is 0 Å². The number of rotatable bonds is 8. The molecule has 13 heavy (non-hydrogen) atoms. The lowest BCUT2D eigenvalue weighted by molar-refractivity contribution is 0.0473. The minimum Gasteiger partial charge on any atom is -0.390 e. The van der Waals surface area contributed by atoms with Crippen molar-refractivity contribution in [2.75, 3.05) is 19.0 Å². The van der Waals surface area contributed by atoms with Crippen molar-refractivity contribution in [3.8, 4) is 0 Å². The molecule has 80 valence electrons. The van der Waals surface area contributed by atoms with Crippen molar-refractivity contribution >= 4 is 11.8 Å². The number of thioether (sulfide) groups is 1. The number of aliphatic hydroxyl groups excluding tert-OH is 1. The highest BCUT2D eigenvalue weighted by Gasteiger charge is 2.05. The Labute approximate surface area is 86.1 Å². The maximum Gasteiger partial charge on any atom is 0.0863 e. The lowest BCUT2D eigenvalue weighted by Gasteiger charge is -2.12. The predicted molar refractivity (Wildman–Crippen MR) is 59.3 cm³/mol. The van der Waals surface area contributed by atoms with Crippen LogP contribution >= 0.6 is 11.8 Å². The van der Waals surface area contributed by atoms with Gasteiger partial charge in [0.05, 0.1) is 12.7 Å². The lowest BCUT2D eigenvalue weighted by atomic mass is 10.3. The smallest absolute Gasteiger partial charge is 0.0863 e. The number of hydrogen-bond donors (Lipinski definition) is 1. The zero-order chi connectivity index (χ0) is 10.1. The summed E-state index contributed by atoms with van der Waals surface area (Å²) in [5, 5.41) is 10.0. The molecule has 0 aliphatic carbocycles. The molecule has 0 bridgehead atoms. The molecule has 0 fully saturated rings. The second kappa shape index (κ2) is 8.85. The molecule has 1 unspecified atom stereocenters. The lowest BCUT2D eigenvalue weighted by Crippen LogP contribution is -2.19. The Morgan fingerprint density at radius 3 is 2.62 bits per heavy atom. The molecular formula is C10H22O2S. The van der Waals surface area contributed by atoms with Gasteiger partial charge in [-0.3, -0.25) is 0 Å². The molecule has 0 spiro atoms. The van der Waals surface area contributed by atoms with E-state index >= 15 is 0 Å².